The van der Waals surface area contributed by atoms with E-state index in [4.69, 9.17) is 4.74 Å². The maximum absolute atomic E-state index is 9.73. The van der Waals surface area contributed by atoms with E-state index in [2.05, 4.69) is 34.1 Å². The van der Waals surface area contributed by atoms with Gasteiger partial charge in [0.1, 0.15) is 5.75 Å². The number of aliphatic hydroxyl groups is 1. The molecule has 1 aliphatic heterocycles. The van der Waals surface area contributed by atoms with E-state index in [1.165, 1.54) is 11.1 Å². The van der Waals surface area contributed by atoms with E-state index in [1.807, 2.05) is 31.5 Å². The van der Waals surface area contributed by atoms with E-state index < -0.39 is 0 Å². The Morgan fingerprint density at radius 1 is 1.22 bits per heavy atom. The Balaban J connectivity index is 1.69. The molecule has 0 spiro atoms. The number of nitrogens with zero attached hydrogens (tertiary/aromatic N) is 2. The average Bonchev–Trinajstić information content (AvgIpc) is 2.99. The van der Waals surface area contributed by atoms with Crippen molar-refractivity contribution in [2.45, 2.75) is 19.4 Å². The van der Waals surface area contributed by atoms with Crippen LogP contribution in [-0.2, 0) is 6.54 Å². The first kappa shape index (κ1) is 16.0. The smallest absolute Gasteiger partial charge is 0.119 e. The molecule has 1 fully saturated rings. The molecule has 2 atom stereocenters. The lowest BCUT2D eigenvalue weighted by Gasteiger charge is -2.17. The number of aliphatic hydroxyl groups excluding tert-OH is 1. The maximum Gasteiger partial charge on any atom is 0.119 e. The fourth-order valence-corrected chi connectivity index (χ4v) is 3.42. The minimum atomic E-state index is 0.225. The van der Waals surface area contributed by atoms with Gasteiger partial charge in [0.2, 0.25) is 0 Å². The second-order valence-electron chi connectivity index (χ2n) is 6.10. The predicted molar refractivity (Wildman–Crippen MR) is 90.4 cm³/mol. The number of rotatable bonds is 6. The van der Waals surface area contributed by atoms with Crippen LogP contribution in [0.25, 0.3) is 0 Å². The van der Waals surface area contributed by atoms with E-state index in [9.17, 15) is 5.11 Å². The molecule has 23 heavy (non-hydrogen) atoms. The van der Waals surface area contributed by atoms with Crippen molar-refractivity contribution in [2.24, 2.45) is 5.92 Å². The standard InChI is InChI=1S/C19H24N2O2/c1-2-23-18-5-3-4-15(10-18)11-21-12-17(14-22)19(13-21)16-6-8-20-9-7-16/h3-10,17,19,22H,2,11-14H2,1H3/t17-,19-/m0/s1. The highest BCUT2D eigenvalue weighted by Crippen LogP contribution is 2.33. The molecule has 2 aromatic rings. The van der Waals surface area contributed by atoms with Gasteiger partial charge in [-0.1, -0.05) is 12.1 Å². The van der Waals surface area contributed by atoms with E-state index in [0.29, 0.717) is 12.5 Å². The lowest BCUT2D eigenvalue weighted by molar-refractivity contribution is 0.214. The first-order chi connectivity index (χ1) is 11.3. The van der Waals surface area contributed by atoms with Crippen molar-refractivity contribution < 1.29 is 9.84 Å². The van der Waals surface area contributed by atoms with Gasteiger partial charge in [-0.2, -0.15) is 0 Å². The first-order valence-electron chi connectivity index (χ1n) is 8.25. The van der Waals surface area contributed by atoms with Crippen molar-refractivity contribution in [1.82, 2.24) is 9.88 Å². The number of ether oxygens (including phenoxy) is 1. The zero-order valence-electron chi connectivity index (χ0n) is 13.6. The molecule has 1 aromatic carbocycles. The van der Waals surface area contributed by atoms with Gasteiger partial charge in [0.15, 0.2) is 0 Å². The van der Waals surface area contributed by atoms with Crippen LogP contribution in [0.2, 0.25) is 0 Å². The summed E-state index contributed by atoms with van der Waals surface area (Å²) in [4.78, 5) is 6.51. The van der Waals surface area contributed by atoms with Crippen LogP contribution in [0.4, 0.5) is 0 Å². The number of hydrogen-bond donors (Lipinski definition) is 1. The molecule has 0 bridgehead atoms. The predicted octanol–water partition coefficient (Wildman–Crippen LogP) is 2.69. The molecule has 1 aliphatic rings. The topological polar surface area (TPSA) is 45.6 Å². The third-order valence-corrected chi connectivity index (χ3v) is 4.50. The van der Waals surface area contributed by atoms with Gasteiger partial charge in [-0.05, 0) is 42.3 Å². The molecule has 2 heterocycles. The Morgan fingerprint density at radius 3 is 2.78 bits per heavy atom. The van der Waals surface area contributed by atoms with Crippen LogP contribution in [0.15, 0.2) is 48.8 Å². The molecule has 122 valence electrons. The van der Waals surface area contributed by atoms with E-state index in [-0.39, 0.29) is 12.5 Å². The minimum Gasteiger partial charge on any atom is -0.494 e. The Bertz CT molecular complexity index is 618. The third kappa shape index (κ3) is 3.89. The number of pyridine rings is 1. The van der Waals surface area contributed by atoms with Crippen LogP contribution < -0.4 is 4.74 Å². The molecule has 0 unspecified atom stereocenters. The van der Waals surface area contributed by atoms with Crippen molar-refractivity contribution in [2.75, 3.05) is 26.3 Å². The highest BCUT2D eigenvalue weighted by Gasteiger charge is 2.33. The Labute approximate surface area is 137 Å². The van der Waals surface area contributed by atoms with E-state index in [0.717, 1.165) is 25.4 Å². The Kier molecular flexibility index (Phi) is 5.26. The number of benzene rings is 1. The lowest BCUT2D eigenvalue weighted by atomic mass is 9.90. The molecule has 4 heteroatoms. The van der Waals surface area contributed by atoms with Crippen molar-refractivity contribution in [1.29, 1.82) is 0 Å². The lowest BCUT2D eigenvalue weighted by Crippen LogP contribution is -2.20. The normalized spacial score (nSPS) is 21.5. The summed E-state index contributed by atoms with van der Waals surface area (Å²) in [6, 6.07) is 12.4. The summed E-state index contributed by atoms with van der Waals surface area (Å²) in [5, 5.41) is 9.73. The summed E-state index contributed by atoms with van der Waals surface area (Å²) in [5.41, 5.74) is 2.52. The summed E-state index contributed by atoms with van der Waals surface area (Å²) in [5.74, 6) is 1.58. The van der Waals surface area contributed by atoms with Crippen LogP contribution in [0.1, 0.15) is 24.0 Å². The summed E-state index contributed by atoms with van der Waals surface area (Å²) < 4.78 is 5.58. The van der Waals surface area contributed by atoms with Crippen molar-refractivity contribution in [3.63, 3.8) is 0 Å². The van der Waals surface area contributed by atoms with Crippen LogP contribution >= 0.6 is 0 Å². The van der Waals surface area contributed by atoms with Gasteiger partial charge in [-0.15, -0.1) is 0 Å². The van der Waals surface area contributed by atoms with Crippen LogP contribution in [-0.4, -0.2) is 41.3 Å². The molecular formula is C19H24N2O2. The van der Waals surface area contributed by atoms with E-state index in [1.54, 1.807) is 0 Å². The van der Waals surface area contributed by atoms with Crippen molar-refractivity contribution >= 4 is 0 Å². The maximum atomic E-state index is 9.73. The van der Waals surface area contributed by atoms with Crippen LogP contribution in [0.5, 0.6) is 5.75 Å². The van der Waals surface area contributed by atoms with Crippen LogP contribution in [0, 0.1) is 5.92 Å². The molecule has 0 saturated carbocycles. The summed E-state index contributed by atoms with van der Waals surface area (Å²) in [7, 11) is 0. The zero-order chi connectivity index (χ0) is 16.1. The first-order valence-corrected chi connectivity index (χ1v) is 8.25. The summed E-state index contributed by atoms with van der Waals surface area (Å²) >= 11 is 0. The van der Waals surface area contributed by atoms with Gasteiger partial charge >= 0.3 is 0 Å². The minimum absolute atomic E-state index is 0.225. The highest BCUT2D eigenvalue weighted by molar-refractivity contribution is 5.29. The zero-order valence-corrected chi connectivity index (χ0v) is 13.6. The summed E-state index contributed by atoms with van der Waals surface area (Å²) in [6.45, 7) is 5.68. The molecule has 1 aromatic heterocycles. The second kappa shape index (κ2) is 7.57. The van der Waals surface area contributed by atoms with Crippen LogP contribution in [0.3, 0.4) is 0 Å². The van der Waals surface area contributed by atoms with Crippen molar-refractivity contribution in [3.05, 3.63) is 59.9 Å². The molecule has 3 rings (SSSR count). The van der Waals surface area contributed by atoms with Gasteiger partial charge < -0.3 is 9.84 Å². The number of hydrogen-bond acceptors (Lipinski definition) is 4. The SMILES string of the molecule is CCOc1cccc(CN2C[C@@H](CO)[C@H](c3ccncc3)C2)c1. The fraction of sp³-hybridized carbons (Fsp3) is 0.421. The fourth-order valence-electron chi connectivity index (χ4n) is 3.42. The molecule has 0 amide bonds. The van der Waals surface area contributed by atoms with Crippen molar-refractivity contribution in [3.8, 4) is 5.75 Å². The highest BCUT2D eigenvalue weighted by atomic mass is 16.5. The van der Waals surface area contributed by atoms with Gasteiger partial charge in [0.25, 0.3) is 0 Å². The molecule has 0 radical (unpaired) electrons. The summed E-state index contributed by atoms with van der Waals surface area (Å²) in [6.07, 6.45) is 3.66. The average molecular weight is 312 g/mol. The molecular weight excluding hydrogens is 288 g/mol. The quantitative estimate of drug-likeness (QED) is 0.891. The number of likely N-dealkylation sites (tertiary alicyclic amines) is 1. The third-order valence-electron chi connectivity index (χ3n) is 4.50. The Hall–Kier alpha value is -1.91. The second-order valence-corrected chi connectivity index (χ2v) is 6.10. The largest absolute Gasteiger partial charge is 0.494 e. The van der Waals surface area contributed by atoms with E-state index >= 15 is 0 Å². The molecule has 0 aliphatic carbocycles. The van der Waals surface area contributed by atoms with Gasteiger partial charge in [0.05, 0.1) is 6.61 Å². The Morgan fingerprint density at radius 2 is 2.04 bits per heavy atom. The number of aromatic nitrogens is 1. The van der Waals surface area contributed by atoms with Gasteiger partial charge in [-0.3, -0.25) is 9.88 Å². The van der Waals surface area contributed by atoms with Gasteiger partial charge in [-0.25, -0.2) is 0 Å². The molecule has 4 nitrogen and oxygen atoms in total. The monoisotopic (exact) mass is 312 g/mol. The van der Waals surface area contributed by atoms with Gasteiger partial charge in [0, 0.05) is 50.5 Å². The molecule has 1 N–H and O–H groups in total. The molecule has 1 saturated heterocycles.